The smallest absolute Gasteiger partial charge is 0.262 e. The van der Waals surface area contributed by atoms with Gasteiger partial charge in [0.25, 0.3) is 9.05 Å². The van der Waals surface area contributed by atoms with Gasteiger partial charge in [0.15, 0.2) is 0 Å². The second-order valence-corrected chi connectivity index (χ2v) is 6.05. The van der Waals surface area contributed by atoms with Crippen LogP contribution in [-0.4, -0.2) is 13.4 Å². The fraction of sp³-hybridized carbons (Fsp3) is 0. The molecular formula is C12H7ClN2O3S. The van der Waals surface area contributed by atoms with Crippen LogP contribution >= 0.6 is 10.7 Å². The Bertz CT molecular complexity index is 736. The van der Waals surface area contributed by atoms with E-state index in [1.165, 1.54) is 12.1 Å². The Balaban J connectivity index is 2.28. The third-order valence-corrected chi connectivity index (χ3v) is 3.55. The number of hydrogen-bond acceptors (Lipinski definition) is 5. The molecule has 5 nitrogen and oxygen atoms in total. The minimum absolute atomic E-state index is 0.116. The van der Waals surface area contributed by atoms with Crippen molar-refractivity contribution in [1.29, 1.82) is 5.26 Å². The molecule has 0 spiro atoms. The number of nitrogens with zero attached hydrogens (tertiary/aromatic N) is 2. The molecule has 0 radical (unpaired) electrons. The summed E-state index contributed by atoms with van der Waals surface area (Å²) >= 11 is 0. The van der Waals surface area contributed by atoms with Crippen molar-refractivity contribution < 1.29 is 13.2 Å². The lowest BCUT2D eigenvalue weighted by atomic mass is 10.2. The molecule has 96 valence electrons. The number of rotatable bonds is 3. The van der Waals surface area contributed by atoms with Crippen molar-refractivity contribution in [3.8, 4) is 17.7 Å². The first-order valence-corrected chi connectivity index (χ1v) is 7.39. The molecule has 2 aromatic rings. The van der Waals surface area contributed by atoms with Crippen LogP contribution < -0.4 is 4.74 Å². The SMILES string of the molecule is N#Cc1ccccc1Oc1ccc(S(=O)(=O)Cl)cn1. The Morgan fingerprint density at radius 3 is 2.53 bits per heavy atom. The Labute approximate surface area is 114 Å². The van der Waals surface area contributed by atoms with E-state index in [2.05, 4.69) is 4.98 Å². The van der Waals surface area contributed by atoms with E-state index in [1.54, 1.807) is 24.3 Å². The molecule has 1 heterocycles. The number of para-hydroxylation sites is 1. The highest BCUT2D eigenvalue weighted by molar-refractivity contribution is 8.13. The van der Waals surface area contributed by atoms with E-state index in [0.29, 0.717) is 11.3 Å². The molecule has 0 atom stereocenters. The molecule has 0 bridgehead atoms. The molecule has 0 saturated heterocycles. The summed E-state index contributed by atoms with van der Waals surface area (Å²) in [7, 11) is 1.36. The maximum Gasteiger partial charge on any atom is 0.262 e. The van der Waals surface area contributed by atoms with Crippen LogP contribution in [0.2, 0.25) is 0 Å². The summed E-state index contributed by atoms with van der Waals surface area (Å²) in [6.07, 6.45) is 1.09. The number of halogens is 1. The highest BCUT2D eigenvalue weighted by Crippen LogP contribution is 2.24. The van der Waals surface area contributed by atoms with Crippen LogP contribution in [0.5, 0.6) is 11.6 Å². The average Bonchev–Trinajstić information content (AvgIpc) is 2.39. The lowest BCUT2D eigenvalue weighted by molar-refractivity contribution is 0.460. The van der Waals surface area contributed by atoms with Crippen LogP contribution in [0.25, 0.3) is 0 Å². The van der Waals surface area contributed by atoms with Gasteiger partial charge in [-0.25, -0.2) is 13.4 Å². The third kappa shape index (κ3) is 3.22. The Hall–Kier alpha value is -2.10. The van der Waals surface area contributed by atoms with E-state index in [0.717, 1.165) is 6.20 Å². The molecule has 0 amide bonds. The number of ether oxygens (including phenoxy) is 1. The number of nitriles is 1. The largest absolute Gasteiger partial charge is 0.438 e. The zero-order chi connectivity index (χ0) is 13.9. The standard InChI is InChI=1S/C12H7ClN2O3S/c13-19(16,17)10-5-6-12(15-8-10)18-11-4-2-1-3-9(11)7-14/h1-6,8H. The molecule has 0 aliphatic rings. The summed E-state index contributed by atoms with van der Waals surface area (Å²) in [5.41, 5.74) is 0.360. The van der Waals surface area contributed by atoms with Gasteiger partial charge in [0.2, 0.25) is 5.88 Å². The molecule has 0 fully saturated rings. The fourth-order valence-electron chi connectivity index (χ4n) is 1.33. The van der Waals surface area contributed by atoms with Crippen LogP contribution in [-0.2, 0) is 9.05 Å². The van der Waals surface area contributed by atoms with Gasteiger partial charge in [0.1, 0.15) is 16.7 Å². The number of hydrogen-bond donors (Lipinski definition) is 0. The molecule has 0 saturated carbocycles. The normalized spacial score (nSPS) is 10.7. The minimum Gasteiger partial charge on any atom is -0.438 e. The van der Waals surface area contributed by atoms with E-state index in [4.69, 9.17) is 20.7 Å². The molecule has 1 aromatic heterocycles. The van der Waals surface area contributed by atoms with Gasteiger partial charge >= 0.3 is 0 Å². The van der Waals surface area contributed by atoms with Crippen LogP contribution in [0.15, 0.2) is 47.5 Å². The highest BCUT2D eigenvalue weighted by atomic mass is 35.7. The maximum atomic E-state index is 11.0. The Kier molecular flexibility index (Phi) is 3.69. The summed E-state index contributed by atoms with van der Waals surface area (Å²) in [5, 5.41) is 8.90. The third-order valence-electron chi connectivity index (χ3n) is 2.21. The predicted octanol–water partition coefficient (Wildman–Crippen LogP) is 2.67. The predicted molar refractivity (Wildman–Crippen MR) is 68.5 cm³/mol. The summed E-state index contributed by atoms with van der Waals surface area (Å²) in [5.74, 6) is 0.519. The average molecular weight is 295 g/mol. The lowest BCUT2D eigenvalue weighted by Gasteiger charge is -2.06. The van der Waals surface area contributed by atoms with Gasteiger partial charge in [-0.1, -0.05) is 12.1 Å². The van der Waals surface area contributed by atoms with E-state index in [-0.39, 0.29) is 10.8 Å². The van der Waals surface area contributed by atoms with Gasteiger partial charge in [0.05, 0.1) is 11.8 Å². The summed E-state index contributed by atoms with van der Waals surface area (Å²) < 4.78 is 27.5. The monoisotopic (exact) mass is 294 g/mol. The molecule has 0 aliphatic heterocycles. The van der Waals surface area contributed by atoms with Crippen LogP contribution in [0, 0.1) is 11.3 Å². The van der Waals surface area contributed by atoms with Crippen molar-refractivity contribution in [2.45, 2.75) is 4.90 Å². The second kappa shape index (κ2) is 5.26. The Morgan fingerprint density at radius 2 is 1.95 bits per heavy atom. The topological polar surface area (TPSA) is 80.0 Å². The number of pyridine rings is 1. The van der Waals surface area contributed by atoms with E-state index >= 15 is 0 Å². The van der Waals surface area contributed by atoms with Crippen molar-refractivity contribution >= 4 is 19.7 Å². The molecule has 0 N–H and O–H groups in total. The van der Waals surface area contributed by atoms with Gasteiger partial charge in [-0.15, -0.1) is 0 Å². The second-order valence-electron chi connectivity index (χ2n) is 3.48. The minimum atomic E-state index is -3.80. The van der Waals surface area contributed by atoms with Crippen molar-refractivity contribution in [3.63, 3.8) is 0 Å². The molecule has 0 aliphatic carbocycles. The fourth-order valence-corrected chi connectivity index (χ4v) is 2.02. The first kappa shape index (κ1) is 13.3. The van der Waals surface area contributed by atoms with Crippen molar-refractivity contribution in [1.82, 2.24) is 4.98 Å². The van der Waals surface area contributed by atoms with Crippen molar-refractivity contribution in [2.24, 2.45) is 0 Å². The van der Waals surface area contributed by atoms with Crippen molar-refractivity contribution in [2.75, 3.05) is 0 Å². The van der Waals surface area contributed by atoms with Gasteiger partial charge < -0.3 is 4.74 Å². The molecule has 1 aromatic carbocycles. The first-order valence-electron chi connectivity index (χ1n) is 5.08. The summed E-state index contributed by atoms with van der Waals surface area (Å²) in [6, 6.07) is 11.3. The molecule has 2 rings (SSSR count). The van der Waals surface area contributed by atoms with Crippen LogP contribution in [0.4, 0.5) is 0 Å². The number of aromatic nitrogens is 1. The molecular weight excluding hydrogens is 288 g/mol. The summed E-state index contributed by atoms with van der Waals surface area (Å²) in [6.45, 7) is 0. The van der Waals surface area contributed by atoms with Gasteiger partial charge in [-0.3, -0.25) is 0 Å². The molecule has 0 unspecified atom stereocenters. The van der Waals surface area contributed by atoms with Crippen LogP contribution in [0.3, 0.4) is 0 Å². The first-order chi connectivity index (χ1) is 9.00. The Morgan fingerprint density at radius 1 is 1.21 bits per heavy atom. The van der Waals surface area contributed by atoms with E-state index in [1.807, 2.05) is 6.07 Å². The quantitative estimate of drug-likeness (QED) is 0.813. The molecule has 19 heavy (non-hydrogen) atoms. The van der Waals surface area contributed by atoms with Gasteiger partial charge in [-0.05, 0) is 18.2 Å². The van der Waals surface area contributed by atoms with Gasteiger partial charge in [0, 0.05) is 16.7 Å². The highest BCUT2D eigenvalue weighted by Gasteiger charge is 2.11. The van der Waals surface area contributed by atoms with Crippen LogP contribution in [0.1, 0.15) is 5.56 Å². The zero-order valence-electron chi connectivity index (χ0n) is 9.45. The van der Waals surface area contributed by atoms with E-state index in [9.17, 15) is 8.42 Å². The number of benzene rings is 1. The van der Waals surface area contributed by atoms with Gasteiger partial charge in [-0.2, -0.15) is 5.26 Å². The zero-order valence-corrected chi connectivity index (χ0v) is 11.0. The molecule has 7 heteroatoms. The van der Waals surface area contributed by atoms with E-state index < -0.39 is 9.05 Å². The summed E-state index contributed by atoms with van der Waals surface area (Å²) in [4.78, 5) is 3.70. The maximum absolute atomic E-state index is 11.0. The lowest BCUT2D eigenvalue weighted by Crippen LogP contribution is -1.94. The van der Waals surface area contributed by atoms with Crippen molar-refractivity contribution in [3.05, 3.63) is 48.2 Å².